The molecule has 1 aromatic heterocycles. The van der Waals surface area contributed by atoms with Crippen LogP contribution in [0.5, 0.6) is 5.75 Å². The lowest BCUT2D eigenvalue weighted by Crippen LogP contribution is -2.55. The van der Waals surface area contributed by atoms with E-state index in [1.54, 1.807) is 0 Å². The van der Waals surface area contributed by atoms with Crippen LogP contribution in [-0.4, -0.2) is 45.3 Å². The van der Waals surface area contributed by atoms with Crippen molar-refractivity contribution < 1.29 is 23.8 Å². The van der Waals surface area contributed by atoms with Crippen molar-refractivity contribution in [2.24, 2.45) is 0 Å². The number of amides is 2. The molecule has 4 rings (SSSR count). The fourth-order valence-corrected chi connectivity index (χ4v) is 3.61. The van der Waals surface area contributed by atoms with Gasteiger partial charge in [-0.05, 0) is 31.0 Å². The maximum atomic E-state index is 13.0. The van der Waals surface area contributed by atoms with Crippen molar-refractivity contribution in [3.8, 4) is 5.75 Å². The number of rotatable bonds is 3. The van der Waals surface area contributed by atoms with Crippen LogP contribution in [0.4, 0.5) is 4.39 Å². The van der Waals surface area contributed by atoms with Gasteiger partial charge in [0.05, 0.1) is 12.6 Å². The van der Waals surface area contributed by atoms with E-state index in [1.807, 2.05) is 6.92 Å². The van der Waals surface area contributed by atoms with E-state index in [9.17, 15) is 23.9 Å². The molecule has 29 heavy (non-hydrogen) atoms. The SMILES string of the molecule is C[C@@H]1CCN2C(=O)c3c(O)c(=O)c(C(=O)NCc4ccc(F)cc4)cn3C[C@@H]2O1. The fraction of sp³-hybridized carbons (Fsp3) is 0.350. The zero-order valence-electron chi connectivity index (χ0n) is 15.7. The summed E-state index contributed by atoms with van der Waals surface area (Å²) in [4.78, 5) is 39.3. The molecule has 2 atom stereocenters. The zero-order valence-corrected chi connectivity index (χ0v) is 15.7. The molecule has 3 heterocycles. The minimum absolute atomic E-state index is 0.0166. The van der Waals surface area contributed by atoms with Gasteiger partial charge in [0.25, 0.3) is 11.8 Å². The number of nitrogens with zero attached hydrogens (tertiary/aromatic N) is 2. The molecule has 0 bridgehead atoms. The summed E-state index contributed by atoms with van der Waals surface area (Å²) in [6.45, 7) is 2.67. The number of aromatic hydroxyl groups is 1. The van der Waals surface area contributed by atoms with Crippen LogP contribution in [-0.2, 0) is 17.8 Å². The highest BCUT2D eigenvalue weighted by Gasteiger charge is 2.39. The Morgan fingerprint density at radius 1 is 1.31 bits per heavy atom. The lowest BCUT2D eigenvalue weighted by atomic mass is 10.1. The number of halogens is 1. The Labute approximate surface area is 165 Å². The molecule has 152 valence electrons. The van der Waals surface area contributed by atoms with Gasteiger partial charge in [0.15, 0.2) is 17.7 Å². The summed E-state index contributed by atoms with van der Waals surface area (Å²) >= 11 is 0. The average molecular weight is 401 g/mol. The van der Waals surface area contributed by atoms with Crippen molar-refractivity contribution >= 4 is 11.8 Å². The first-order chi connectivity index (χ1) is 13.8. The maximum absolute atomic E-state index is 13.0. The molecule has 2 aliphatic heterocycles. The van der Waals surface area contributed by atoms with E-state index in [0.29, 0.717) is 18.5 Å². The van der Waals surface area contributed by atoms with Crippen LogP contribution in [0.15, 0.2) is 35.3 Å². The molecule has 2 aromatic rings. The number of hydrogen-bond acceptors (Lipinski definition) is 5. The van der Waals surface area contributed by atoms with Crippen molar-refractivity contribution in [1.82, 2.24) is 14.8 Å². The number of benzene rings is 1. The molecule has 0 aliphatic carbocycles. The normalized spacial score (nSPS) is 20.8. The van der Waals surface area contributed by atoms with E-state index in [2.05, 4.69) is 5.32 Å². The lowest BCUT2D eigenvalue weighted by Gasteiger charge is -2.42. The van der Waals surface area contributed by atoms with E-state index in [-0.39, 0.29) is 30.5 Å². The van der Waals surface area contributed by atoms with Gasteiger partial charge in [0.2, 0.25) is 5.43 Å². The molecule has 2 aliphatic rings. The summed E-state index contributed by atoms with van der Waals surface area (Å²) in [5.74, 6) is -2.34. The molecule has 0 saturated carbocycles. The van der Waals surface area contributed by atoms with Crippen molar-refractivity contribution in [1.29, 1.82) is 0 Å². The molecule has 2 amide bonds. The maximum Gasteiger partial charge on any atom is 0.276 e. The molecule has 1 aromatic carbocycles. The van der Waals surface area contributed by atoms with Gasteiger partial charge < -0.3 is 24.6 Å². The fourth-order valence-electron chi connectivity index (χ4n) is 3.61. The van der Waals surface area contributed by atoms with E-state index < -0.39 is 35.0 Å². The number of carbonyl (C=O) groups excluding carboxylic acids is 2. The Balaban J connectivity index is 1.61. The quantitative estimate of drug-likeness (QED) is 0.805. The van der Waals surface area contributed by atoms with Gasteiger partial charge in [0, 0.05) is 19.3 Å². The van der Waals surface area contributed by atoms with Crippen molar-refractivity contribution in [3.05, 3.63) is 63.3 Å². The van der Waals surface area contributed by atoms with Gasteiger partial charge in [0.1, 0.15) is 11.4 Å². The second-order valence-corrected chi connectivity index (χ2v) is 7.22. The van der Waals surface area contributed by atoms with Gasteiger partial charge in [-0.2, -0.15) is 0 Å². The van der Waals surface area contributed by atoms with Crippen LogP contribution in [0.25, 0.3) is 0 Å². The van der Waals surface area contributed by atoms with Crippen molar-refractivity contribution in [2.75, 3.05) is 6.54 Å². The lowest BCUT2D eigenvalue weighted by molar-refractivity contribution is -0.127. The summed E-state index contributed by atoms with van der Waals surface area (Å²) < 4.78 is 20.2. The predicted molar refractivity (Wildman–Crippen MR) is 99.9 cm³/mol. The third-order valence-corrected chi connectivity index (χ3v) is 5.20. The Morgan fingerprint density at radius 3 is 2.76 bits per heavy atom. The number of pyridine rings is 1. The number of carbonyl (C=O) groups is 2. The summed E-state index contributed by atoms with van der Waals surface area (Å²) in [6.07, 6.45) is 1.40. The van der Waals surface area contributed by atoms with Crippen LogP contribution in [0.3, 0.4) is 0 Å². The standard InChI is InChI=1S/C20H20FN3O5/c1-11-6-7-24-15(29-11)10-23-9-14(17(25)18(26)16(23)20(24)28)19(27)22-8-12-2-4-13(21)5-3-12/h2-5,9,11,15,26H,6-8,10H2,1H3,(H,22,27)/t11-,15+/m1/s1. The Bertz CT molecular complexity index is 1030. The number of hydrogen-bond donors (Lipinski definition) is 2. The highest BCUT2D eigenvalue weighted by atomic mass is 19.1. The van der Waals surface area contributed by atoms with E-state index >= 15 is 0 Å². The second-order valence-electron chi connectivity index (χ2n) is 7.22. The summed E-state index contributed by atoms with van der Waals surface area (Å²) in [5, 5.41) is 12.9. The van der Waals surface area contributed by atoms with Crippen LogP contribution in [0, 0.1) is 5.82 Å². The predicted octanol–water partition coefficient (Wildman–Crippen LogP) is 1.21. The number of aromatic nitrogens is 1. The Kier molecular flexibility index (Phi) is 4.83. The average Bonchev–Trinajstić information content (AvgIpc) is 2.69. The minimum atomic E-state index is -0.911. The first kappa shape index (κ1) is 19.1. The molecular formula is C20H20FN3O5. The van der Waals surface area contributed by atoms with Crippen molar-refractivity contribution in [2.45, 2.75) is 38.8 Å². The highest BCUT2D eigenvalue weighted by molar-refractivity contribution is 5.99. The number of nitrogens with one attached hydrogen (secondary N) is 1. The van der Waals surface area contributed by atoms with E-state index in [4.69, 9.17) is 4.74 Å². The highest BCUT2D eigenvalue weighted by Crippen LogP contribution is 2.28. The first-order valence-electron chi connectivity index (χ1n) is 9.30. The molecule has 0 spiro atoms. The van der Waals surface area contributed by atoms with Gasteiger partial charge in [-0.3, -0.25) is 14.4 Å². The summed E-state index contributed by atoms with van der Waals surface area (Å²) in [7, 11) is 0. The minimum Gasteiger partial charge on any atom is -0.503 e. The van der Waals surface area contributed by atoms with Gasteiger partial charge in [-0.1, -0.05) is 12.1 Å². The summed E-state index contributed by atoms with van der Waals surface area (Å²) in [5.41, 5.74) is -0.679. The molecule has 0 unspecified atom stereocenters. The van der Waals surface area contributed by atoms with Gasteiger partial charge in [-0.25, -0.2) is 4.39 Å². The molecule has 0 radical (unpaired) electrons. The molecule has 1 saturated heterocycles. The second kappa shape index (κ2) is 7.32. The van der Waals surface area contributed by atoms with Crippen LogP contribution in [0.1, 0.15) is 39.8 Å². The zero-order chi connectivity index (χ0) is 20.7. The topological polar surface area (TPSA) is 101 Å². The third kappa shape index (κ3) is 3.49. The van der Waals surface area contributed by atoms with Crippen LogP contribution < -0.4 is 10.7 Å². The number of ether oxygens (including phenoxy) is 1. The molecule has 8 nitrogen and oxygen atoms in total. The third-order valence-electron chi connectivity index (χ3n) is 5.20. The molecular weight excluding hydrogens is 381 g/mol. The van der Waals surface area contributed by atoms with Crippen molar-refractivity contribution in [3.63, 3.8) is 0 Å². The molecule has 1 fully saturated rings. The van der Waals surface area contributed by atoms with E-state index in [1.165, 1.54) is 39.9 Å². The van der Waals surface area contributed by atoms with Crippen LogP contribution in [0.2, 0.25) is 0 Å². The van der Waals surface area contributed by atoms with E-state index in [0.717, 1.165) is 0 Å². The first-order valence-corrected chi connectivity index (χ1v) is 9.30. The van der Waals surface area contributed by atoms with Gasteiger partial charge in [-0.15, -0.1) is 0 Å². The largest absolute Gasteiger partial charge is 0.503 e. The monoisotopic (exact) mass is 401 g/mol. The Morgan fingerprint density at radius 2 is 2.03 bits per heavy atom. The van der Waals surface area contributed by atoms with Crippen LogP contribution >= 0.6 is 0 Å². The van der Waals surface area contributed by atoms with Gasteiger partial charge >= 0.3 is 0 Å². The smallest absolute Gasteiger partial charge is 0.276 e. The number of fused-ring (bicyclic) bond motifs is 2. The Hall–Kier alpha value is -3.20. The molecule has 9 heteroatoms. The summed E-state index contributed by atoms with van der Waals surface area (Å²) in [6, 6.07) is 5.57. The molecule has 2 N–H and O–H groups in total.